The highest BCUT2D eigenvalue weighted by atomic mass is 16.4. The van der Waals surface area contributed by atoms with Crippen LogP contribution in [0.2, 0.25) is 0 Å². The molecule has 0 aliphatic heterocycles. The van der Waals surface area contributed by atoms with Gasteiger partial charge in [0.2, 0.25) is 0 Å². The van der Waals surface area contributed by atoms with Crippen LogP contribution in [-0.2, 0) is 11.3 Å². The summed E-state index contributed by atoms with van der Waals surface area (Å²) >= 11 is 0. The normalized spacial score (nSPS) is 38.3. The van der Waals surface area contributed by atoms with Gasteiger partial charge in [0.1, 0.15) is 0 Å². The lowest BCUT2D eigenvalue weighted by Crippen LogP contribution is -2.43. The fourth-order valence-electron chi connectivity index (χ4n) is 5.17. The van der Waals surface area contributed by atoms with Crippen molar-refractivity contribution in [3.8, 4) is 0 Å². The van der Waals surface area contributed by atoms with Gasteiger partial charge in [-0.1, -0.05) is 0 Å². The molecule has 4 bridgehead atoms. The van der Waals surface area contributed by atoms with Crippen molar-refractivity contribution in [2.75, 3.05) is 0 Å². The van der Waals surface area contributed by atoms with Crippen LogP contribution in [0.4, 0.5) is 0 Å². The van der Waals surface area contributed by atoms with Gasteiger partial charge < -0.3 is 5.11 Å². The Bertz CT molecular complexity index is 497. The highest BCUT2D eigenvalue weighted by Gasteiger charge is 2.49. The number of hydrogen-bond acceptors (Lipinski definition) is 3. The second-order valence-electron chi connectivity index (χ2n) is 6.97. The number of carbonyl (C=O) groups is 1. The second kappa shape index (κ2) is 4.57. The van der Waals surface area contributed by atoms with E-state index in [1.807, 2.05) is 6.20 Å². The van der Waals surface area contributed by atoms with Gasteiger partial charge in [-0.25, -0.2) is 0 Å². The minimum absolute atomic E-state index is 0.0930. The second-order valence-corrected chi connectivity index (χ2v) is 6.97. The number of carboxylic acid groups (broad SMARTS) is 1. The first kappa shape index (κ1) is 12.4. The van der Waals surface area contributed by atoms with Crippen molar-refractivity contribution in [1.82, 2.24) is 15.0 Å². The Morgan fingerprint density at radius 1 is 1.20 bits per heavy atom. The highest BCUT2D eigenvalue weighted by Crippen LogP contribution is 2.59. The molecular weight excluding hydrogens is 254 g/mol. The summed E-state index contributed by atoms with van der Waals surface area (Å²) in [5, 5.41) is 17.6. The number of aryl methyl sites for hydroxylation is 1. The molecule has 4 aliphatic rings. The van der Waals surface area contributed by atoms with Gasteiger partial charge in [0.25, 0.3) is 0 Å². The smallest absolute Gasteiger partial charge is 0.305 e. The summed E-state index contributed by atoms with van der Waals surface area (Å²) < 4.78 is 0. The third-order valence-electron chi connectivity index (χ3n) is 5.65. The van der Waals surface area contributed by atoms with Crippen LogP contribution in [-0.4, -0.2) is 26.1 Å². The van der Waals surface area contributed by atoms with Crippen molar-refractivity contribution in [3.05, 3.63) is 11.9 Å². The summed E-state index contributed by atoms with van der Waals surface area (Å²) in [5.41, 5.74) is 1.11. The van der Waals surface area contributed by atoms with Crippen LogP contribution >= 0.6 is 0 Å². The highest BCUT2D eigenvalue weighted by molar-refractivity contribution is 5.66. The average molecular weight is 275 g/mol. The molecule has 5 rings (SSSR count). The zero-order chi connectivity index (χ0) is 13.7. The Balaban J connectivity index is 1.51. The molecule has 1 aromatic rings. The van der Waals surface area contributed by atoms with E-state index in [2.05, 4.69) is 10.2 Å². The number of nitrogens with zero attached hydrogens (tertiary/aromatic N) is 3. The van der Waals surface area contributed by atoms with Gasteiger partial charge in [0, 0.05) is 5.92 Å². The third-order valence-corrected chi connectivity index (χ3v) is 5.65. The molecule has 0 spiro atoms. The van der Waals surface area contributed by atoms with Crippen molar-refractivity contribution in [1.29, 1.82) is 0 Å². The molecule has 20 heavy (non-hydrogen) atoms. The molecule has 4 aliphatic carbocycles. The fraction of sp³-hybridized carbons (Fsp3) is 0.800. The van der Waals surface area contributed by atoms with E-state index in [1.54, 1.807) is 4.80 Å². The minimum Gasteiger partial charge on any atom is -0.481 e. The zero-order valence-electron chi connectivity index (χ0n) is 11.6. The van der Waals surface area contributed by atoms with Gasteiger partial charge in [0.05, 0.1) is 24.9 Å². The van der Waals surface area contributed by atoms with Crippen LogP contribution < -0.4 is 0 Å². The lowest BCUT2D eigenvalue weighted by molar-refractivity contribution is -0.137. The molecule has 5 nitrogen and oxygen atoms in total. The third kappa shape index (κ3) is 2.03. The molecule has 1 aromatic heterocycles. The first-order valence-electron chi connectivity index (χ1n) is 7.81. The fourth-order valence-corrected chi connectivity index (χ4v) is 5.17. The molecule has 0 atom stereocenters. The van der Waals surface area contributed by atoms with E-state index in [1.165, 1.54) is 32.1 Å². The lowest BCUT2D eigenvalue weighted by atomic mass is 9.51. The van der Waals surface area contributed by atoms with Gasteiger partial charge >= 0.3 is 5.97 Å². The summed E-state index contributed by atoms with van der Waals surface area (Å²) in [7, 11) is 0. The van der Waals surface area contributed by atoms with E-state index in [4.69, 9.17) is 5.11 Å². The van der Waals surface area contributed by atoms with Crippen molar-refractivity contribution >= 4 is 5.97 Å². The first-order chi connectivity index (χ1) is 9.69. The van der Waals surface area contributed by atoms with Crippen LogP contribution in [0.25, 0.3) is 0 Å². The number of rotatable bonds is 4. The van der Waals surface area contributed by atoms with E-state index in [9.17, 15) is 4.79 Å². The first-order valence-corrected chi connectivity index (χ1v) is 7.81. The molecule has 0 amide bonds. The number of aromatic nitrogens is 3. The standard InChI is InChI=1S/C15H21N3O2/c19-14(20)1-2-18-16-8-13(17-18)15-11-4-9-3-10(6-11)7-12(15)5-9/h8-12,15H,1-7H2,(H,19,20). The van der Waals surface area contributed by atoms with E-state index >= 15 is 0 Å². The molecule has 4 fully saturated rings. The Labute approximate surface area is 118 Å². The van der Waals surface area contributed by atoms with Gasteiger partial charge in [0.15, 0.2) is 0 Å². The quantitative estimate of drug-likeness (QED) is 0.915. The molecule has 1 heterocycles. The van der Waals surface area contributed by atoms with E-state index in [0.29, 0.717) is 12.5 Å². The maximum absolute atomic E-state index is 10.6. The Kier molecular flexibility index (Phi) is 2.82. The average Bonchev–Trinajstić information content (AvgIpc) is 2.83. The Hall–Kier alpha value is -1.39. The van der Waals surface area contributed by atoms with Gasteiger partial charge in [-0.2, -0.15) is 15.0 Å². The maximum Gasteiger partial charge on any atom is 0.305 e. The van der Waals surface area contributed by atoms with Crippen molar-refractivity contribution < 1.29 is 9.90 Å². The SMILES string of the molecule is O=C(O)CCn1ncc(C2C3CC4CC(C3)CC2C4)n1. The van der Waals surface area contributed by atoms with Gasteiger partial charge in [-0.05, 0) is 55.8 Å². The maximum atomic E-state index is 10.6. The number of hydrogen-bond donors (Lipinski definition) is 1. The van der Waals surface area contributed by atoms with Crippen LogP contribution in [0.3, 0.4) is 0 Å². The number of aliphatic carboxylic acids is 1. The van der Waals surface area contributed by atoms with Gasteiger partial charge in [-0.3, -0.25) is 4.79 Å². The predicted octanol–water partition coefficient (Wildman–Crippen LogP) is 2.29. The molecular formula is C15H21N3O2. The topological polar surface area (TPSA) is 68.0 Å². The largest absolute Gasteiger partial charge is 0.481 e. The lowest BCUT2D eigenvalue weighted by Gasteiger charge is -2.53. The number of carboxylic acids is 1. The van der Waals surface area contributed by atoms with Crippen LogP contribution in [0, 0.1) is 23.7 Å². The molecule has 108 valence electrons. The summed E-state index contributed by atoms with van der Waals surface area (Å²) in [5.74, 6) is 3.33. The predicted molar refractivity (Wildman–Crippen MR) is 72.1 cm³/mol. The van der Waals surface area contributed by atoms with Crippen LogP contribution in [0.15, 0.2) is 6.20 Å². The Morgan fingerprint density at radius 3 is 2.45 bits per heavy atom. The van der Waals surface area contributed by atoms with Crippen LogP contribution in [0.1, 0.15) is 50.1 Å². The summed E-state index contributed by atoms with van der Waals surface area (Å²) in [6, 6.07) is 0. The summed E-state index contributed by atoms with van der Waals surface area (Å²) in [6.07, 6.45) is 8.94. The van der Waals surface area contributed by atoms with Crippen molar-refractivity contribution in [2.24, 2.45) is 23.7 Å². The summed E-state index contributed by atoms with van der Waals surface area (Å²) in [6.45, 7) is 0.378. The zero-order valence-corrected chi connectivity index (χ0v) is 11.6. The molecule has 1 N–H and O–H groups in total. The van der Waals surface area contributed by atoms with E-state index in [0.717, 1.165) is 29.4 Å². The molecule has 4 saturated carbocycles. The van der Waals surface area contributed by atoms with E-state index < -0.39 is 5.97 Å². The van der Waals surface area contributed by atoms with Crippen molar-refractivity contribution in [3.63, 3.8) is 0 Å². The molecule has 0 unspecified atom stereocenters. The molecule has 0 radical (unpaired) electrons. The molecule has 5 heteroatoms. The van der Waals surface area contributed by atoms with E-state index in [-0.39, 0.29) is 6.42 Å². The monoisotopic (exact) mass is 275 g/mol. The summed E-state index contributed by atoms with van der Waals surface area (Å²) in [4.78, 5) is 12.2. The van der Waals surface area contributed by atoms with Gasteiger partial charge in [-0.15, -0.1) is 0 Å². The van der Waals surface area contributed by atoms with Crippen molar-refractivity contribution in [2.45, 2.75) is 51.0 Å². The Morgan fingerprint density at radius 2 is 1.85 bits per heavy atom. The molecule has 0 aromatic carbocycles. The molecule has 0 saturated heterocycles. The minimum atomic E-state index is -0.793. The van der Waals surface area contributed by atoms with Crippen LogP contribution in [0.5, 0.6) is 0 Å².